The summed E-state index contributed by atoms with van der Waals surface area (Å²) in [6, 6.07) is 63.4. The molecule has 1 aliphatic rings. The predicted molar refractivity (Wildman–Crippen MR) is 303 cm³/mol. The first-order valence-electron chi connectivity index (χ1n) is 24.5. The number of hydrogen-bond donors (Lipinski definition) is 0. The molecule has 0 atom stereocenters. The molecule has 10 nitrogen and oxygen atoms in total. The third kappa shape index (κ3) is 7.81. The van der Waals surface area contributed by atoms with Gasteiger partial charge in [0, 0.05) is 73.0 Å². The summed E-state index contributed by atoms with van der Waals surface area (Å²) < 4.78 is 29.6. The van der Waals surface area contributed by atoms with Gasteiger partial charge < -0.3 is 27.3 Å². The van der Waals surface area contributed by atoms with E-state index < -0.39 is 0 Å². The summed E-state index contributed by atoms with van der Waals surface area (Å²) in [5.74, 6) is 0. The highest BCUT2D eigenvalue weighted by Gasteiger charge is 2.51. The van der Waals surface area contributed by atoms with Crippen molar-refractivity contribution in [3.8, 4) is 22.5 Å². The van der Waals surface area contributed by atoms with Gasteiger partial charge in [0.05, 0.1) is 33.3 Å². The van der Waals surface area contributed by atoms with Gasteiger partial charge in [-0.2, -0.15) is 0 Å². The van der Waals surface area contributed by atoms with Crippen LogP contribution in [0.1, 0.15) is 27.7 Å². The second kappa shape index (κ2) is 18.0. The van der Waals surface area contributed by atoms with Crippen molar-refractivity contribution in [1.29, 1.82) is 0 Å². The monoisotopic (exact) mass is 1030 g/mol. The molecule has 0 saturated carbocycles. The molecule has 0 unspecified atom stereocenters. The van der Waals surface area contributed by atoms with Gasteiger partial charge in [-0.1, -0.05) is 113 Å². The molecule has 15 rings (SSSR count). The van der Waals surface area contributed by atoms with Crippen molar-refractivity contribution in [2.24, 2.45) is 0 Å². The fourth-order valence-corrected chi connectivity index (χ4v) is 10.5. The normalized spacial score (nSPS) is 14.1. The van der Waals surface area contributed by atoms with Crippen molar-refractivity contribution in [3.63, 3.8) is 0 Å². The van der Waals surface area contributed by atoms with E-state index in [1.54, 1.807) is 24.8 Å². The molecule has 0 N–H and O–H groups in total. The van der Waals surface area contributed by atoms with Crippen LogP contribution in [-0.2, 0) is 9.31 Å². The van der Waals surface area contributed by atoms with Gasteiger partial charge in [-0.05, 0) is 129 Å². The number of benzene rings is 8. The molecule has 0 radical (unpaired) electrons. The number of nitrogens with zero attached hydrogens (tertiary/aromatic N) is 6. The van der Waals surface area contributed by atoms with Crippen LogP contribution in [0.2, 0.25) is 0 Å². The molecule has 358 valence electrons. The van der Waals surface area contributed by atoms with Crippen molar-refractivity contribution >= 4 is 117 Å². The van der Waals surface area contributed by atoms with Crippen LogP contribution in [0.25, 0.3) is 111 Å². The molecule has 0 bridgehead atoms. The van der Waals surface area contributed by atoms with Gasteiger partial charge in [-0.25, -0.2) is 19.9 Å². The third-order valence-corrected chi connectivity index (χ3v) is 14.9. The molecule has 7 heterocycles. The highest BCUT2D eigenvalue weighted by atomic mass is 79.9. The maximum Gasteiger partial charge on any atom is 0.494 e. The highest BCUT2D eigenvalue weighted by Crippen LogP contribution is 2.39. The molecule has 1 saturated heterocycles. The Labute approximate surface area is 434 Å². The van der Waals surface area contributed by atoms with E-state index in [-0.39, 0.29) is 18.3 Å². The van der Waals surface area contributed by atoms with E-state index in [2.05, 4.69) is 224 Å². The summed E-state index contributed by atoms with van der Waals surface area (Å²) in [5.41, 5.74) is 14.2. The Balaban J connectivity index is 0.000000115. The second-order valence-corrected chi connectivity index (χ2v) is 20.4. The zero-order chi connectivity index (χ0) is 50.1. The maximum atomic E-state index is 6.27. The van der Waals surface area contributed by atoms with Crippen LogP contribution in [0.5, 0.6) is 0 Å². The smallest absolute Gasteiger partial charge is 0.436 e. The number of fused-ring (bicyclic) bond motifs is 12. The lowest BCUT2D eigenvalue weighted by Gasteiger charge is -2.32. The molecule has 12 heteroatoms. The number of furan rings is 2. The fourth-order valence-electron chi connectivity index (χ4n) is 10.1. The van der Waals surface area contributed by atoms with Crippen molar-refractivity contribution in [2.45, 2.75) is 38.9 Å². The summed E-state index contributed by atoms with van der Waals surface area (Å²) >= 11 is 3.41. The SMILES string of the molecule is Brc1ccc2oc3nccnc3c2c1.CC1(C)OB(c2ccc3c(c2)c2ccccc2n3-c2ccccc2)OC1(C)C.c1ccc(-n2c3ccccc3c3cc(-c4ccc5oc6nccnc6c5c4)ccc32)cc1. The van der Waals surface area contributed by atoms with Gasteiger partial charge in [0.2, 0.25) is 11.4 Å². The summed E-state index contributed by atoms with van der Waals surface area (Å²) in [6.45, 7) is 8.36. The fraction of sp³-hybridized carbons (Fsp3) is 0.0968. The van der Waals surface area contributed by atoms with Gasteiger partial charge in [-0.15, -0.1) is 0 Å². The Morgan fingerprint density at radius 3 is 1.41 bits per heavy atom. The maximum absolute atomic E-state index is 6.27. The first-order chi connectivity index (χ1) is 36.1. The standard InChI is InChI=1S/C28H17N3O.C24H24BNO2.C10H5BrN2O/c1-2-6-20(7-3-1)31-24-9-5-4-8-21(24)22-16-18(10-12-25(22)31)19-11-13-26-23(17-19)27-28(32-26)30-15-14-29-27;1-23(2)24(3,4)28-25(27-23)17-14-15-22-20(16-17)19-12-8-9-13-21(19)26(22)18-10-6-5-7-11-18;11-6-1-2-8-7(5-6)9-10(14-8)13-4-3-12-9/h1-17H;5-16H,1-4H3;1-5H. The summed E-state index contributed by atoms with van der Waals surface area (Å²) in [4.78, 5) is 17.1. The van der Waals surface area contributed by atoms with Crippen molar-refractivity contribution in [3.05, 3.63) is 211 Å². The lowest BCUT2D eigenvalue weighted by atomic mass is 9.78. The molecular formula is C62H46BBrN6O4. The lowest BCUT2D eigenvalue weighted by molar-refractivity contribution is 0.00578. The van der Waals surface area contributed by atoms with E-state index in [1.807, 2.05) is 30.3 Å². The summed E-state index contributed by atoms with van der Waals surface area (Å²) in [6.07, 6.45) is 6.65. The van der Waals surface area contributed by atoms with Gasteiger partial charge in [-0.3, -0.25) is 0 Å². The summed E-state index contributed by atoms with van der Waals surface area (Å²) in [7, 11) is -0.353. The van der Waals surface area contributed by atoms with Crippen LogP contribution < -0.4 is 5.46 Å². The minimum atomic E-state index is -0.353. The third-order valence-electron chi connectivity index (χ3n) is 14.4. The van der Waals surface area contributed by atoms with E-state index in [0.29, 0.717) is 11.4 Å². The number of para-hydroxylation sites is 4. The average molecular weight is 1030 g/mol. The Morgan fingerprint density at radius 1 is 0.405 bits per heavy atom. The van der Waals surface area contributed by atoms with Gasteiger partial charge in [0.25, 0.3) is 0 Å². The molecular weight excluding hydrogens is 983 g/mol. The van der Waals surface area contributed by atoms with E-state index in [1.165, 1.54) is 43.6 Å². The quantitative estimate of drug-likeness (QED) is 0.161. The molecule has 0 amide bonds. The Bertz CT molecular complexity index is 4410. The topological polar surface area (TPSA) is 106 Å². The summed E-state index contributed by atoms with van der Waals surface area (Å²) in [5, 5.41) is 6.90. The predicted octanol–water partition coefficient (Wildman–Crippen LogP) is 15.4. The minimum Gasteiger partial charge on any atom is -0.436 e. The number of aromatic nitrogens is 6. The lowest BCUT2D eigenvalue weighted by Crippen LogP contribution is -2.41. The zero-order valence-corrected chi connectivity index (χ0v) is 42.5. The molecule has 8 aromatic carbocycles. The molecule has 14 aromatic rings. The van der Waals surface area contributed by atoms with Crippen LogP contribution in [-0.4, -0.2) is 47.4 Å². The van der Waals surface area contributed by atoms with Crippen LogP contribution in [0.3, 0.4) is 0 Å². The molecule has 1 fully saturated rings. The Morgan fingerprint density at radius 2 is 0.838 bits per heavy atom. The zero-order valence-electron chi connectivity index (χ0n) is 40.9. The molecule has 0 aliphatic carbocycles. The minimum absolute atomic E-state index is 0.343. The van der Waals surface area contributed by atoms with Crippen molar-refractivity contribution < 1.29 is 18.1 Å². The van der Waals surface area contributed by atoms with Crippen LogP contribution in [0.4, 0.5) is 0 Å². The molecule has 0 spiro atoms. The second-order valence-electron chi connectivity index (χ2n) is 19.4. The Kier molecular flexibility index (Phi) is 11.0. The molecule has 1 aliphatic heterocycles. The van der Waals surface area contributed by atoms with Gasteiger partial charge >= 0.3 is 7.12 Å². The van der Waals surface area contributed by atoms with Crippen LogP contribution in [0, 0.1) is 0 Å². The largest absolute Gasteiger partial charge is 0.494 e. The van der Waals surface area contributed by atoms with Crippen LogP contribution >= 0.6 is 15.9 Å². The number of hydrogen-bond acceptors (Lipinski definition) is 8. The Hall–Kier alpha value is -8.42. The van der Waals surface area contributed by atoms with Crippen molar-refractivity contribution in [2.75, 3.05) is 0 Å². The van der Waals surface area contributed by atoms with Crippen molar-refractivity contribution in [1.82, 2.24) is 29.1 Å². The first-order valence-corrected chi connectivity index (χ1v) is 25.3. The molecule has 6 aromatic heterocycles. The number of halogens is 1. The van der Waals surface area contributed by atoms with Gasteiger partial charge in [0.1, 0.15) is 22.2 Å². The van der Waals surface area contributed by atoms with E-state index in [0.717, 1.165) is 65.4 Å². The first kappa shape index (κ1) is 45.4. The van der Waals surface area contributed by atoms with E-state index in [4.69, 9.17) is 18.1 Å². The van der Waals surface area contributed by atoms with Gasteiger partial charge in [0.15, 0.2) is 0 Å². The number of rotatable bonds is 4. The average Bonchev–Trinajstić information content (AvgIpc) is 4.23. The van der Waals surface area contributed by atoms with E-state index >= 15 is 0 Å². The van der Waals surface area contributed by atoms with E-state index in [9.17, 15) is 0 Å². The molecule has 74 heavy (non-hydrogen) atoms. The highest BCUT2D eigenvalue weighted by molar-refractivity contribution is 9.10. The van der Waals surface area contributed by atoms with Crippen LogP contribution in [0.15, 0.2) is 220 Å².